The highest BCUT2D eigenvalue weighted by Crippen LogP contribution is 2.16. The average molecular weight is 270 g/mol. The fraction of sp³-hybridized carbons (Fsp3) is 1.00. The monoisotopic (exact) mass is 270 g/mol. The zero-order valence-electron chi connectivity index (χ0n) is 12.6. The smallest absolute Gasteiger partial charge is 0.0702 e. The minimum absolute atomic E-state index is 0.444. The third-order valence-corrected chi connectivity index (χ3v) is 4.39. The molecule has 2 rings (SSSR count). The summed E-state index contributed by atoms with van der Waals surface area (Å²) in [6.45, 7) is 13.0. The molecule has 0 saturated carbocycles. The van der Waals surface area contributed by atoms with Crippen molar-refractivity contribution in [2.24, 2.45) is 0 Å². The van der Waals surface area contributed by atoms with Crippen LogP contribution >= 0.6 is 0 Å². The Morgan fingerprint density at radius 1 is 0.842 bits per heavy atom. The lowest BCUT2D eigenvalue weighted by molar-refractivity contribution is -0.0447. The Morgan fingerprint density at radius 2 is 1.32 bits per heavy atom. The molecule has 4 nitrogen and oxygen atoms in total. The van der Waals surface area contributed by atoms with Gasteiger partial charge < -0.3 is 9.47 Å². The van der Waals surface area contributed by atoms with E-state index in [-0.39, 0.29) is 0 Å². The first kappa shape index (κ1) is 15.2. The standard InChI is InChI=1S/C15H30N2O2/c1-3-16-8-10-18-14(12-16)6-5-7-15-13-17(4-2)9-11-19-15/h14-15H,3-13H2,1-2H3. The number of ether oxygens (including phenoxy) is 2. The quantitative estimate of drug-likeness (QED) is 0.732. The van der Waals surface area contributed by atoms with Gasteiger partial charge in [-0.05, 0) is 32.4 Å². The maximum absolute atomic E-state index is 5.85. The number of nitrogens with zero attached hydrogens (tertiary/aromatic N) is 2. The summed E-state index contributed by atoms with van der Waals surface area (Å²) in [5, 5.41) is 0. The minimum Gasteiger partial charge on any atom is -0.376 e. The van der Waals surface area contributed by atoms with Crippen LogP contribution in [0, 0.1) is 0 Å². The first-order valence-electron chi connectivity index (χ1n) is 7.99. The van der Waals surface area contributed by atoms with Crippen LogP contribution in [0.5, 0.6) is 0 Å². The van der Waals surface area contributed by atoms with E-state index in [1.807, 2.05) is 0 Å². The van der Waals surface area contributed by atoms with Gasteiger partial charge in [-0.3, -0.25) is 9.80 Å². The number of hydrogen-bond donors (Lipinski definition) is 0. The first-order valence-corrected chi connectivity index (χ1v) is 7.99. The molecule has 112 valence electrons. The Labute approximate surface area is 118 Å². The van der Waals surface area contributed by atoms with E-state index in [0.717, 1.165) is 52.5 Å². The molecule has 2 aliphatic rings. The molecule has 0 radical (unpaired) electrons. The molecule has 19 heavy (non-hydrogen) atoms. The van der Waals surface area contributed by atoms with E-state index in [2.05, 4.69) is 23.6 Å². The molecule has 0 N–H and O–H groups in total. The Balaban J connectivity index is 1.60. The van der Waals surface area contributed by atoms with E-state index >= 15 is 0 Å². The second-order valence-corrected chi connectivity index (χ2v) is 5.70. The predicted molar refractivity (Wildman–Crippen MR) is 77.6 cm³/mol. The summed E-state index contributed by atoms with van der Waals surface area (Å²) in [5.41, 5.74) is 0. The maximum atomic E-state index is 5.85. The van der Waals surface area contributed by atoms with Gasteiger partial charge in [0, 0.05) is 26.2 Å². The van der Waals surface area contributed by atoms with Gasteiger partial charge in [-0.15, -0.1) is 0 Å². The fourth-order valence-electron chi connectivity index (χ4n) is 3.06. The van der Waals surface area contributed by atoms with Gasteiger partial charge in [-0.2, -0.15) is 0 Å². The molecule has 2 heterocycles. The number of hydrogen-bond acceptors (Lipinski definition) is 4. The lowest BCUT2D eigenvalue weighted by Crippen LogP contribution is -2.43. The molecule has 0 spiro atoms. The molecule has 2 fully saturated rings. The zero-order chi connectivity index (χ0) is 13.5. The summed E-state index contributed by atoms with van der Waals surface area (Å²) in [5.74, 6) is 0. The van der Waals surface area contributed by atoms with E-state index in [1.54, 1.807) is 0 Å². The lowest BCUT2D eigenvalue weighted by atomic mass is 10.1. The van der Waals surface area contributed by atoms with Gasteiger partial charge in [0.1, 0.15) is 0 Å². The van der Waals surface area contributed by atoms with Gasteiger partial charge in [0.25, 0.3) is 0 Å². The fourth-order valence-corrected chi connectivity index (χ4v) is 3.06. The third-order valence-electron chi connectivity index (χ3n) is 4.39. The largest absolute Gasteiger partial charge is 0.376 e. The van der Waals surface area contributed by atoms with Gasteiger partial charge in [-0.1, -0.05) is 13.8 Å². The van der Waals surface area contributed by atoms with E-state index in [1.165, 1.54) is 19.3 Å². The van der Waals surface area contributed by atoms with E-state index < -0.39 is 0 Å². The predicted octanol–water partition coefficient (Wildman–Crippen LogP) is 1.60. The summed E-state index contributed by atoms with van der Waals surface area (Å²) in [7, 11) is 0. The Morgan fingerprint density at radius 3 is 1.74 bits per heavy atom. The molecule has 2 saturated heterocycles. The number of rotatable bonds is 6. The van der Waals surface area contributed by atoms with Crippen LogP contribution in [0.1, 0.15) is 33.1 Å². The molecule has 0 aliphatic carbocycles. The van der Waals surface area contributed by atoms with Crippen LogP contribution in [0.4, 0.5) is 0 Å². The van der Waals surface area contributed by atoms with Crippen LogP contribution in [0.15, 0.2) is 0 Å². The van der Waals surface area contributed by atoms with E-state index in [4.69, 9.17) is 9.47 Å². The van der Waals surface area contributed by atoms with Gasteiger partial charge in [-0.25, -0.2) is 0 Å². The molecule has 2 atom stereocenters. The molecule has 0 bridgehead atoms. The minimum atomic E-state index is 0.444. The number of likely N-dealkylation sites (N-methyl/N-ethyl adjacent to an activating group) is 2. The Hall–Kier alpha value is -0.160. The molecule has 2 aliphatic heterocycles. The lowest BCUT2D eigenvalue weighted by Gasteiger charge is -2.34. The third kappa shape index (κ3) is 5.03. The summed E-state index contributed by atoms with van der Waals surface area (Å²) in [4.78, 5) is 4.98. The highest BCUT2D eigenvalue weighted by atomic mass is 16.5. The molecule has 0 aromatic heterocycles. The van der Waals surface area contributed by atoms with Crippen molar-refractivity contribution in [2.45, 2.75) is 45.3 Å². The van der Waals surface area contributed by atoms with Crippen molar-refractivity contribution in [3.8, 4) is 0 Å². The van der Waals surface area contributed by atoms with Crippen LogP contribution in [-0.4, -0.2) is 74.5 Å². The second kappa shape index (κ2) is 8.20. The Kier molecular flexibility index (Phi) is 6.57. The molecular weight excluding hydrogens is 240 g/mol. The van der Waals surface area contributed by atoms with Gasteiger partial charge >= 0.3 is 0 Å². The van der Waals surface area contributed by atoms with Crippen molar-refractivity contribution in [3.63, 3.8) is 0 Å². The van der Waals surface area contributed by atoms with Crippen LogP contribution in [0.2, 0.25) is 0 Å². The molecular formula is C15H30N2O2. The van der Waals surface area contributed by atoms with Crippen LogP contribution in [-0.2, 0) is 9.47 Å². The number of morpholine rings is 2. The first-order chi connectivity index (χ1) is 9.31. The average Bonchev–Trinajstić information content (AvgIpc) is 2.48. The normalized spacial score (nSPS) is 30.6. The SMILES string of the molecule is CCN1CCOC(CCCC2CN(CC)CCO2)C1. The molecule has 4 heteroatoms. The van der Waals surface area contributed by atoms with Gasteiger partial charge in [0.15, 0.2) is 0 Å². The van der Waals surface area contributed by atoms with Crippen molar-refractivity contribution >= 4 is 0 Å². The van der Waals surface area contributed by atoms with Crippen LogP contribution in [0.25, 0.3) is 0 Å². The molecule has 0 aromatic carbocycles. The summed E-state index contributed by atoms with van der Waals surface area (Å²) >= 11 is 0. The topological polar surface area (TPSA) is 24.9 Å². The van der Waals surface area contributed by atoms with Crippen LogP contribution in [0.3, 0.4) is 0 Å². The zero-order valence-corrected chi connectivity index (χ0v) is 12.6. The maximum Gasteiger partial charge on any atom is 0.0702 e. The summed E-state index contributed by atoms with van der Waals surface area (Å²) in [6, 6.07) is 0. The van der Waals surface area contributed by atoms with Crippen molar-refractivity contribution in [2.75, 3.05) is 52.5 Å². The van der Waals surface area contributed by atoms with Gasteiger partial charge in [0.05, 0.1) is 25.4 Å². The van der Waals surface area contributed by atoms with Crippen LogP contribution < -0.4 is 0 Å². The van der Waals surface area contributed by atoms with Gasteiger partial charge in [0.2, 0.25) is 0 Å². The van der Waals surface area contributed by atoms with E-state index in [0.29, 0.717) is 12.2 Å². The molecule has 2 unspecified atom stereocenters. The second-order valence-electron chi connectivity index (χ2n) is 5.70. The van der Waals surface area contributed by atoms with Crippen molar-refractivity contribution in [1.82, 2.24) is 9.80 Å². The Bertz CT molecular complexity index is 226. The highest BCUT2D eigenvalue weighted by Gasteiger charge is 2.21. The van der Waals surface area contributed by atoms with Crippen molar-refractivity contribution in [3.05, 3.63) is 0 Å². The van der Waals surface area contributed by atoms with E-state index in [9.17, 15) is 0 Å². The van der Waals surface area contributed by atoms with Crippen molar-refractivity contribution in [1.29, 1.82) is 0 Å². The molecule has 0 amide bonds. The molecule has 0 aromatic rings. The van der Waals surface area contributed by atoms with Crippen molar-refractivity contribution < 1.29 is 9.47 Å². The summed E-state index contributed by atoms with van der Waals surface area (Å²) in [6.07, 6.45) is 4.48. The summed E-state index contributed by atoms with van der Waals surface area (Å²) < 4.78 is 11.7. The highest BCUT2D eigenvalue weighted by molar-refractivity contribution is 4.74.